The van der Waals surface area contributed by atoms with Crippen molar-refractivity contribution in [2.45, 2.75) is 0 Å². The highest BCUT2D eigenvalue weighted by Gasteiger charge is 2.23. The van der Waals surface area contributed by atoms with Gasteiger partial charge >= 0.3 is 23.9 Å². The van der Waals surface area contributed by atoms with E-state index in [1.807, 2.05) is 109 Å². The lowest BCUT2D eigenvalue weighted by Crippen LogP contribution is -2.09. The Balaban J connectivity index is 1.06. The fourth-order valence-corrected chi connectivity index (χ4v) is 10.2. The maximum absolute atomic E-state index is 11.7. The Labute approximate surface area is 512 Å². The minimum absolute atomic E-state index is 0.429. The van der Waals surface area contributed by atoms with Crippen LogP contribution in [0, 0.1) is 26.3 Å². The van der Waals surface area contributed by atoms with E-state index in [0.29, 0.717) is 22.3 Å². The standard InChI is InChI=1S/C76H47N5O8/c1-77-69(73(82)83)44-51-13-27-55(28-14-51)66(56-29-15-52(16-30-56)45-70(78-2)74(84)85)41-48-21-35-59(36-22-48)81(61-39-25-50(26-40-61)43-68-64-11-7-5-9-62(64)63-10-6-8-12-65(63)68)60-37-23-49(24-38-60)42-67(57-31-17-53(18-32-57)46-71(79-3)75(86)87)58-33-19-54(20-34-58)47-72(80-4)76(88)89/h5-47H,(H,82,83)(H,84,85)(H,86,87)(H,88,89). The second-order valence-corrected chi connectivity index (χ2v) is 20.1. The van der Waals surface area contributed by atoms with Crippen LogP contribution in [-0.2, 0) is 19.2 Å². The van der Waals surface area contributed by atoms with Gasteiger partial charge in [0.05, 0.1) is 26.3 Å². The largest absolute Gasteiger partial charge is 0.486 e. The van der Waals surface area contributed by atoms with Crippen molar-refractivity contribution in [2.24, 2.45) is 0 Å². The van der Waals surface area contributed by atoms with Gasteiger partial charge in [-0.05, 0) is 179 Å². The lowest BCUT2D eigenvalue weighted by molar-refractivity contribution is -0.133. The molecular formula is C76H47N5O8. The third-order valence-electron chi connectivity index (χ3n) is 14.6. The third kappa shape index (κ3) is 13.6. The van der Waals surface area contributed by atoms with Crippen LogP contribution in [0.4, 0.5) is 17.1 Å². The summed E-state index contributed by atoms with van der Waals surface area (Å²) in [7, 11) is 0. The zero-order chi connectivity index (χ0) is 62.6. The normalized spacial score (nSPS) is 11.7. The predicted molar refractivity (Wildman–Crippen MR) is 349 cm³/mol. The summed E-state index contributed by atoms with van der Waals surface area (Å²) in [5.74, 6) is -5.34. The van der Waals surface area contributed by atoms with Gasteiger partial charge in [0, 0.05) is 17.1 Å². The number of fused-ring (bicyclic) bond motifs is 3. The summed E-state index contributed by atoms with van der Waals surface area (Å²) in [6.07, 6.45) is 11.4. The molecule has 0 aromatic heterocycles. The molecule has 0 radical (unpaired) electrons. The quantitative estimate of drug-likeness (QED) is 0.0371. The highest BCUT2D eigenvalue weighted by molar-refractivity contribution is 6.07. The molecule has 13 heteroatoms. The van der Waals surface area contributed by atoms with Crippen LogP contribution in [0.25, 0.3) is 89.8 Å². The van der Waals surface area contributed by atoms with Crippen LogP contribution < -0.4 is 4.90 Å². The van der Waals surface area contributed by atoms with Gasteiger partial charge in [-0.25, -0.2) is 19.4 Å². The van der Waals surface area contributed by atoms with Crippen molar-refractivity contribution in [1.82, 2.24) is 0 Å². The lowest BCUT2D eigenvalue weighted by atomic mass is 9.94. The van der Waals surface area contributed by atoms with Crippen molar-refractivity contribution in [3.63, 3.8) is 0 Å². The number of carboxylic acid groups (broad SMARTS) is 4. The summed E-state index contributed by atoms with van der Waals surface area (Å²) >= 11 is 0. The van der Waals surface area contributed by atoms with Crippen LogP contribution in [0.15, 0.2) is 241 Å². The summed E-state index contributed by atoms with van der Waals surface area (Å²) in [5.41, 5.74) is 15.9. The second-order valence-electron chi connectivity index (χ2n) is 20.1. The number of aliphatic carboxylic acids is 4. The van der Waals surface area contributed by atoms with Crippen molar-refractivity contribution in [2.75, 3.05) is 4.90 Å². The maximum Gasteiger partial charge on any atom is 0.333 e. The topological polar surface area (TPSA) is 170 Å². The Bertz CT molecular complexity index is 4240. The van der Waals surface area contributed by atoms with Crippen LogP contribution >= 0.6 is 0 Å². The van der Waals surface area contributed by atoms with Gasteiger partial charge in [-0.3, -0.25) is 19.2 Å². The molecule has 13 nitrogen and oxygen atoms in total. The van der Waals surface area contributed by atoms with E-state index < -0.39 is 46.7 Å². The summed E-state index contributed by atoms with van der Waals surface area (Å²) in [4.78, 5) is 61.4. The van der Waals surface area contributed by atoms with Gasteiger partial charge in [0.1, 0.15) is 0 Å². The predicted octanol–water partition coefficient (Wildman–Crippen LogP) is 17.3. The molecule has 0 fully saturated rings. The second kappa shape index (κ2) is 26.6. The molecule has 89 heavy (non-hydrogen) atoms. The number of hydrogen-bond acceptors (Lipinski definition) is 5. The van der Waals surface area contributed by atoms with Gasteiger partial charge in [-0.15, -0.1) is 0 Å². The molecule has 424 valence electrons. The fourth-order valence-electron chi connectivity index (χ4n) is 10.2. The number of nitrogens with zero attached hydrogens (tertiary/aromatic N) is 5. The van der Waals surface area contributed by atoms with E-state index in [-0.39, 0.29) is 0 Å². The zero-order valence-electron chi connectivity index (χ0n) is 47.0. The number of rotatable bonds is 18. The van der Waals surface area contributed by atoms with E-state index >= 15 is 0 Å². The molecule has 4 N–H and O–H groups in total. The van der Waals surface area contributed by atoms with E-state index in [2.05, 4.69) is 103 Å². The number of carbonyl (C=O) groups is 4. The van der Waals surface area contributed by atoms with E-state index in [9.17, 15) is 39.6 Å². The summed E-state index contributed by atoms with van der Waals surface area (Å²) in [6, 6.07) is 69.6. The molecule has 0 unspecified atom stereocenters. The van der Waals surface area contributed by atoms with Crippen LogP contribution in [0.3, 0.4) is 0 Å². The molecule has 0 bridgehead atoms. The summed E-state index contributed by atoms with van der Waals surface area (Å²) < 4.78 is 0. The lowest BCUT2D eigenvalue weighted by Gasteiger charge is -2.26. The average Bonchev–Trinajstić information content (AvgIpc) is 3.57. The first-order valence-electron chi connectivity index (χ1n) is 27.4. The Kier molecular flexibility index (Phi) is 17.6. The van der Waals surface area contributed by atoms with E-state index in [1.165, 1.54) is 35.4 Å². The van der Waals surface area contributed by atoms with Gasteiger partial charge in [-0.2, -0.15) is 0 Å². The Morgan fingerprint density at radius 1 is 0.292 bits per heavy atom. The van der Waals surface area contributed by atoms with E-state index in [0.717, 1.165) is 83.9 Å². The first kappa shape index (κ1) is 59.0. The Hall–Kier alpha value is -13.2. The minimum Gasteiger partial charge on any atom is -0.486 e. The molecule has 0 spiro atoms. The first-order valence-corrected chi connectivity index (χ1v) is 27.4. The number of carboxylic acids is 4. The number of benzene rings is 9. The highest BCUT2D eigenvalue weighted by Crippen LogP contribution is 2.45. The molecular weight excluding hydrogens is 1110 g/mol. The number of hydrogen-bond donors (Lipinski definition) is 4. The summed E-state index contributed by atoms with van der Waals surface area (Å²) in [6.45, 7) is 29.3. The average molecular weight is 1160 g/mol. The van der Waals surface area contributed by atoms with Gasteiger partial charge in [0.2, 0.25) is 0 Å². The van der Waals surface area contributed by atoms with Crippen LogP contribution in [0.5, 0.6) is 0 Å². The summed E-state index contributed by atoms with van der Waals surface area (Å²) in [5, 5.41) is 38.1. The Morgan fingerprint density at radius 2 is 0.517 bits per heavy atom. The molecule has 0 saturated carbocycles. The van der Waals surface area contributed by atoms with E-state index in [4.69, 9.17) is 26.3 Å². The minimum atomic E-state index is -1.34. The molecule has 0 atom stereocenters. The smallest absolute Gasteiger partial charge is 0.333 e. The SMILES string of the molecule is [C-]#[N+]C(=Cc1ccc(C(=Cc2ccc(N(c3ccc(C=C(c4ccc(C=C([N+]#[C-])C(=O)O)cc4)c4ccc(C=C([N+]#[C-])C(=O)O)cc4)cc3)c3ccc(C=C4c5ccccc5-c5ccccc54)cc3)cc2)c2ccc(C=C([N+]#[C-])C(=O)O)cc2)cc1)C(=O)O. The first-order chi connectivity index (χ1) is 43.2. The fraction of sp³-hybridized carbons (Fsp3) is 0. The maximum atomic E-state index is 11.7. The van der Waals surface area contributed by atoms with Crippen LogP contribution in [-0.4, -0.2) is 44.3 Å². The third-order valence-corrected chi connectivity index (χ3v) is 14.6. The molecule has 0 amide bonds. The molecule has 1 aliphatic carbocycles. The zero-order valence-corrected chi connectivity index (χ0v) is 47.0. The molecule has 9 aromatic rings. The number of anilines is 3. The van der Waals surface area contributed by atoms with Gasteiger partial charge < -0.3 is 25.3 Å². The van der Waals surface area contributed by atoms with E-state index in [1.54, 1.807) is 48.5 Å². The Morgan fingerprint density at radius 3 is 0.764 bits per heavy atom. The molecule has 0 aliphatic heterocycles. The highest BCUT2D eigenvalue weighted by atomic mass is 16.4. The van der Waals surface area contributed by atoms with Crippen molar-refractivity contribution in [3.05, 3.63) is 359 Å². The van der Waals surface area contributed by atoms with Gasteiger partial charge in [-0.1, -0.05) is 182 Å². The van der Waals surface area contributed by atoms with Crippen molar-refractivity contribution in [3.8, 4) is 11.1 Å². The van der Waals surface area contributed by atoms with Crippen molar-refractivity contribution < 1.29 is 39.6 Å². The monoisotopic (exact) mass is 1160 g/mol. The van der Waals surface area contributed by atoms with Crippen LogP contribution in [0.2, 0.25) is 0 Å². The molecule has 10 rings (SSSR count). The van der Waals surface area contributed by atoms with Crippen molar-refractivity contribution >= 4 is 100 Å². The van der Waals surface area contributed by atoms with Crippen LogP contribution in [0.1, 0.15) is 72.3 Å². The van der Waals surface area contributed by atoms with Gasteiger partial charge in [0.25, 0.3) is 22.8 Å². The molecule has 9 aromatic carbocycles. The molecule has 1 aliphatic rings. The van der Waals surface area contributed by atoms with Crippen molar-refractivity contribution in [1.29, 1.82) is 0 Å². The molecule has 0 saturated heterocycles. The van der Waals surface area contributed by atoms with Gasteiger partial charge in [0.15, 0.2) is 0 Å². The molecule has 0 heterocycles.